The van der Waals surface area contributed by atoms with Crippen LogP contribution in [0.1, 0.15) is 28.4 Å². The topological polar surface area (TPSA) is 50.1 Å². The summed E-state index contributed by atoms with van der Waals surface area (Å²) in [5.41, 5.74) is 1.54. The number of nitrogens with zero attached hydrogens (tertiary/aromatic N) is 1. The molecule has 0 N–H and O–H groups in total. The fraction of sp³-hybridized carbons (Fsp3) is 0.273. The maximum Gasteiger partial charge on any atom is 0.339 e. The van der Waals surface area contributed by atoms with Crippen molar-refractivity contribution in [3.63, 3.8) is 0 Å². The van der Waals surface area contributed by atoms with Gasteiger partial charge in [-0.1, -0.05) is 15.9 Å². The molecule has 0 bridgehead atoms. The van der Waals surface area contributed by atoms with E-state index in [9.17, 15) is 4.79 Å². The van der Waals surface area contributed by atoms with Gasteiger partial charge in [0.1, 0.15) is 6.07 Å². The zero-order chi connectivity index (χ0) is 11.4. The number of ether oxygens (including phenoxy) is 1. The van der Waals surface area contributed by atoms with E-state index in [1.807, 2.05) is 13.0 Å². The molecular weight excluding hydrogens is 258 g/mol. The molecule has 0 amide bonds. The third-order valence-corrected chi connectivity index (χ3v) is 2.77. The molecule has 0 saturated heterocycles. The first kappa shape index (κ1) is 11.7. The van der Waals surface area contributed by atoms with Gasteiger partial charge in [-0.2, -0.15) is 5.26 Å². The summed E-state index contributed by atoms with van der Waals surface area (Å²) in [6.07, 6.45) is 0. The van der Waals surface area contributed by atoms with Gasteiger partial charge in [0.2, 0.25) is 0 Å². The van der Waals surface area contributed by atoms with E-state index in [1.165, 1.54) is 0 Å². The second-order valence-corrected chi connectivity index (χ2v) is 3.83. The lowest BCUT2D eigenvalue weighted by atomic mass is 10.1. The molecule has 0 unspecified atom stereocenters. The molecule has 3 nitrogen and oxygen atoms in total. The molecule has 0 aliphatic carbocycles. The van der Waals surface area contributed by atoms with Crippen LogP contribution in [0, 0.1) is 18.3 Å². The molecule has 0 aromatic heterocycles. The van der Waals surface area contributed by atoms with Crippen molar-refractivity contribution in [3.05, 3.63) is 33.3 Å². The highest BCUT2D eigenvalue weighted by Crippen LogP contribution is 2.21. The van der Waals surface area contributed by atoms with E-state index in [2.05, 4.69) is 15.9 Å². The van der Waals surface area contributed by atoms with Gasteiger partial charge in [0.15, 0.2) is 0 Å². The Hall–Kier alpha value is -1.34. The van der Waals surface area contributed by atoms with E-state index in [0.29, 0.717) is 17.7 Å². The van der Waals surface area contributed by atoms with E-state index in [0.717, 1.165) is 10.0 Å². The van der Waals surface area contributed by atoms with E-state index >= 15 is 0 Å². The average Bonchev–Trinajstić information content (AvgIpc) is 2.21. The van der Waals surface area contributed by atoms with Crippen molar-refractivity contribution in [2.45, 2.75) is 13.8 Å². The molecule has 0 atom stereocenters. The normalized spacial score (nSPS) is 9.47. The highest BCUT2D eigenvalue weighted by atomic mass is 79.9. The van der Waals surface area contributed by atoms with Crippen molar-refractivity contribution < 1.29 is 9.53 Å². The monoisotopic (exact) mass is 267 g/mol. The smallest absolute Gasteiger partial charge is 0.339 e. The SMILES string of the molecule is CCOC(=O)c1cc(C)c(Br)cc1C#N. The summed E-state index contributed by atoms with van der Waals surface area (Å²) in [6.45, 7) is 3.89. The molecule has 0 spiro atoms. The lowest BCUT2D eigenvalue weighted by Gasteiger charge is -2.06. The molecule has 15 heavy (non-hydrogen) atoms. The van der Waals surface area contributed by atoms with Gasteiger partial charge in [-0.3, -0.25) is 0 Å². The van der Waals surface area contributed by atoms with E-state index in [4.69, 9.17) is 10.00 Å². The molecule has 0 saturated carbocycles. The van der Waals surface area contributed by atoms with Gasteiger partial charge in [-0.25, -0.2) is 4.79 Å². The van der Waals surface area contributed by atoms with Crippen LogP contribution in [0.15, 0.2) is 16.6 Å². The largest absolute Gasteiger partial charge is 0.462 e. The van der Waals surface area contributed by atoms with Gasteiger partial charge in [0, 0.05) is 4.47 Å². The van der Waals surface area contributed by atoms with Crippen molar-refractivity contribution in [2.24, 2.45) is 0 Å². The quantitative estimate of drug-likeness (QED) is 0.775. The Kier molecular flexibility index (Phi) is 3.87. The number of rotatable bonds is 2. The van der Waals surface area contributed by atoms with Crippen molar-refractivity contribution in [2.75, 3.05) is 6.61 Å². The van der Waals surface area contributed by atoms with E-state index in [1.54, 1.807) is 19.1 Å². The standard InChI is InChI=1S/C11H10BrNO2/c1-3-15-11(14)9-4-7(2)10(12)5-8(9)6-13/h4-5H,3H2,1-2H3. The Morgan fingerprint density at radius 1 is 1.60 bits per heavy atom. The average molecular weight is 268 g/mol. The van der Waals surface area contributed by atoms with Crippen LogP contribution < -0.4 is 0 Å². The molecular formula is C11H10BrNO2. The first-order valence-electron chi connectivity index (χ1n) is 4.47. The molecule has 1 aromatic carbocycles. The predicted molar refractivity (Wildman–Crippen MR) is 59.6 cm³/mol. The van der Waals surface area contributed by atoms with Crippen LogP contribution in [0.4, 0.5) is 0 Å². The molecule has 0 aliphatic heterocycles. The number of hydrogen-bond acceptors (Lipinski definition) is 3. The summed E-state index contributed by atoms with van der Waals surface area (Å²) in [5.74, 6) is -0.454. The predicted octanol–water partition coefficient (Wildman–Crippen LogP) is 2.81. The molecule has 0 heterocycles. The molecule has 1 rings (SSSR count). The Balaban J connectivity index is 3.23. The number of carbonyl (C=O) groups excluding carboxylic acids is 1. The molecule has 1 aromatic rings. The van der Waals surface area contributed by atoms with Crippen LogP contribution in [0.3, 0.4) is 0 Å². The Morgan fingerprint density at radius 3 is 2.80 bits per heavy atom. The second kappa shape index (κ2) is 4.94. The Morgan fingerprint density at radius 2 is 2.27 bits per heavy atom. The third kappa shape index (κ3) is 2.57. The van der Waals surface area contributed by atoms with Crippen LogP contribution in [-0.2, 0) is 4.74 Å². The Bertz CT molecular complexity index is 435. The highest BCUT2D eigenvalue weighted by Gasteiger charge is 2.14. The fourth-order valence-corrected chi connectivity index (χ4v) is 1.50. The van der Waals surface area contributed by atoms with Gasteiger partial charge in [0.05, 0.1) is 17.7 Å². The van der Waals surface area contributed by atoms with Crippen molar-refractivity contribution in [1.29, 1.82) is 5.26 Å². The van der Waals surface area contributed by atoms with Crippen molar-refractivity contribution in [3.8, 4) is 6.07 Å². The number of hydrogen-bond donors (Lipinski definition) is 0. The zero-order valence-electron chi connectivity index (χ0n) is 8.50. The van der Waals surface area contributed by atoms with Gasteiger partial charge in [-0.15, -0.1) is 0 Å². The van der Waals surface area contributed by atoms with Crippen LogP contribution in [-0.4, -0.2) is 12.6 Å². The summed E-state index contributed by atoms with van der Waals surface area (Å²) < 4.78 is 5.67. The van der Waals surface area contributed by atoms with Crippen LogP contribution in [0.5, 0.6) is 0 Å². The number of aryl methyl sites for hydroxylation is 1. The third-order valence-electron chi connectivity index (χ3n) is 1.91. The summed E-state index contributed by atoms with van der Waals surface area (Å²) in [6, 6.07) is 5.25. The van der Waals surface area contributed by atoms with Gasteiger partial charge in [-0.05, 0) is 31.5 Å². The zero-order valence-corrected chi connectivity index (χ0v) is 10.1. The number of benzene rings is 1. The summed E-state index contributed by atoms with van der Waals surface area (Å²) in [7, 11) is 0. The number of halogens is 1. The minimum Gasteiger partial charge on any atom is -0.462 e. The molecule has 0 fully saturated rings. The maximum absolute atomic E-state index is 11.5. The number of nitriles is 1. The highest BCUT2D eigenvalue weighted by molar-refractivity contribution is 9.10. The van der Waals surface area contributed by atoms with Crippen LogP contribution >= 0.6 is 15.9 Å². The minimum atomic E-state index is -0.454. The second-order valence-electron chi connectivity index (χ2n) is 2.98. The van der Waals surface area contributed by atoms with Crippen molar-refractivity contribution in [1.82, 2.24) is 0 Å². The maximum atomic E-state index is 11.5. The molecule has 78 valence electrons. The molecule has 0 aliphatic rings. The van der Waals surface area contributed by atoms with Gasteiger partial charge < -0.3 is 4.74 Å². The number of esters is 1. The van der Waals surface area contributed by atoms with Gasteiger partial charge in [0.25, 0.3) is 0 Å². The molecule has 4 heteroatoms. The lowest BCUT2D eigenvalue weighted by molar-refractivity contribution is 0.0526. The Labute approximate surface area is 96.8 Å². The minimum absolute atomic E-state index is 0.304. The van der Waals surface area contributed by atoms with E-state index in [-0.39, 0.29) is 0 Å². The van der Waals surface area contributed by atoms with E-state index < -0.39 is 5.97 Å². The fourth-order valence-electron chi connectivity index (χ4n) is 1.15. The summed E-state index contributed by atoms with van der Waals surface area (Å²) in [4.78, 5) is 11.5. The lowest BCUT2D eigenvalue weighted by Crippen LogP contribution is -2.07. The van der Waals surface area contributed by atoms with Gasteiger partial charge >= 0.3 is 5.97 Å². The van der Waals surface area contributed by atoms with Crippen LogP contribution in [0.2, 0.25) is 0 Å². The molecule has 0 radical (unpaired) electrons. The first-order chi connectivity index (χ1) is 7.10. The number of carbonyl (C=O) groups is 1. The van der Waals surface area contributed by atoms with Crippen LogP contribution in [0.25, 0.3) is 0 Å². The first-order valence-corrected chi connectivity index (χ1v) is 5.26. The summed E-state index contributed by atoms with van der Waals surface area (Å²) in [5, 5.41) is 8.87. The van der Waals surface area contributed by atoms with Crippen molar-refractivity contribution >= 4 is 21.9 Å². The summed E-state index contributed by atoms with van der Waals surface area (Å²) >= 11 is 3.31.